The zero-order chi connectivity index (χ0) is 21.5. The topological polar surface area (TPSA) is 99.3 Å². The largest absolute Gasteiger partial charge is 0.332 e. The summed E-state index contributed by atoms with van der Waals surface area (Å²) in [5.41, 5.74) is 1.72. The van der Waals surface area contributed by atoms with E-state index in [2.05, 4.69) is 16.9 Å². The average molecular weight is 422 g/mol. The van der Waals surface area contributed by atoms with Gasteiger partial charge in [-0.1, -0.05) is 6.92 Å². The van der Waals surface area contributed by atoms with Crippen molar-refractivity contribution >= 4 is 11.8 Å². The quantitative estimate of drug-likeness (QED) is 0.818. The number of aromatic nitrogens is 3. The molecule has 3 aliphatic rings. The number of H-pyrrole nitrogens is 1. The van der Waals surface area contributed by atoms with Gasteiger partial charge in [-0.3, -0.25) is 19.4 Å². The van der Waals surface area contributed by atoms with Crippen LogP contribution in [0, 0.1) is 11.8 Å². The molecule has 1 saturated carbocycles. The molecule has 5 rings (SSSR count). The van der Waals surface area contributed by atoms with Crippen molar-refractivity contribution in [2.75, 3.05) is 13.1 Å². The number of pyridine rings is 1. The van der Waals surface area contributed by atoms with Crippen molar-refractivity contribution < 1.29 is 9.59 Å². The van der Waals surface area contributed by atoms with Crippen LogP contribution in [0.25, 0.3) is 0 Å². The van der Waals surface area contributed by atoms with Crippen molar-refractivity contribution in [1.29, 1.82) is 0 Å². The molecule has 1 saturated heterocycles. The van der Waals surface area contributed by atoms with Gasteiger partial charge in [0.25, 0.3) is 11.5 Å². The van der Waals surface area contributed by atoms with Crippen LogP contribution in [-0.2, 0) is 17.8 Å². The molecule has 3 unspecified atom stereocenters. The molecule has 0 spiro atoms. The van der Waals surface area contributed by atoms with Gasteiger partial charge in [-0.2, -0.15) is 0 Å². The summed E-state index contributed by atoms with van der Waals surface area (Å²) in [7, 11) is 0. The highest BCUT2D eigenvalue weighted by Gasteiger charge is 2.44. The van der Waals surface area contributed by atoms with Crippen molar-refractivity contribution in [2.45, 2.75) is 51.6 Å². The average Bonchev–Trinajstić information content (AvgIpc) is 3.54. The molecule has 2 aromatic rings. The van der Waals surface area contributed by atoms with Gasteiger partial charge in [0.2, 0.25) is 5.91 Å². The van der Waals surface area contributed by atoms with Crippen LogP contribution in [0.2, 0.25) is 0 Å². The highest BCUT2D eigenvalue weighted by molar-refractivity contribution is 5.94. The highest BCUT2D eigenvalue weighted by atomic mass is 16.2. The monoisotopic (exact) mass is 421 g/mol. The summed E-state index contributed by atoms with van der Waals surface area (Å²) in [5, 5.41) is 0. The molecule has 2 aromatic heterocycles. The molecule has 0 bridgehead atoms. The molecule has 31 heavy (non-hydrogen) atoms. The molecule has 0 radical (unpaired) electrons. The summed E-state index contributed by atoms with van der Waals surface area (Å²) in [5.74, 6) is 1.21. The van der Waals surface area contributed by atoms with Gasteiger partial charge >= 0.3 is 0 Å². The number of carbonyl (C=O) groups is 2. The Hall–Kier alpha value is -3.03. The first-order valence-electron chi connectivity index (χ1n) is 11.1. The number of fused-ring (bicyclic) bond motifs is 1. The van der Waals surface area contributed by atoms with Gasteiger partial charge < -0.3 is 14.8 Å². The van der Waals surface area contributed by atoms with E-state index in [9.17, 15) is 14.4 Å². The Morgan fingerprint density at radius 1 is 1.16 bits per heavy atom. The zero-order valence-electron chi connectivity index (χ0n) is 17.7. The van der Waals surface area contributed by atoms with Crippen molar-refractivity contribution in [3.63, 3.8) is 0 Å². The SMILES string of the molecule is CC1CC1C(=O)N1CCCCC1c1nc2c(c(=O)[nH]1)CCN(C(=O)c1ccncc1)C2. The fourth-order valence-electron chi connectivity index (χ4n) is 4.83. The van der Waals surface area contributed by atoms with Crippen molar-refractivity contribution in [3.05, 3.63) is 57.5 Å². The van der Waals surface area contributed by atoms with Crippen LogP contribution < -0.4 is 5.56 Å². The highest BCUT2D eigenvalue weighted by Crippen LogP contribution is 2.42. The normalized spacial score (nSPS) is 25.1. The van der Waals surface area contributed by atoms with Gasteiger partial charge in [-0.25, -0.2) is 4.98 Å². The van der Waals surface area contributed by atoms with E-state index in [4.69, 9.17) is 4.98 Å². The first-order valence-corrected chi connectivity index (χ1v) is 11.1. The Balaban J connectivity index is 1.42. The van der Waals surface area contributed by atoms with Gasteiger partial charge in [0.1, 0.15) is 5.82 Å². The van der Waals surface area contributed by atoms with Gasteiger partial charge in [0.15, 0.2) is 0 Å². The lowest BCUT2D eigenvalue weighted by Crippen LogP contribution is -2.43. The van der Waals surface area contributed by atoms with Crippen LogP contribution in [0.15, 0.2) is 29.3 Å². The number of amides is 2. The molecule has 8 nitrogen and oxygen atoms in total. The fourth-order valence-corrected chi connectivity index (χ4v) is 4.83. The Bertz CT molecular complexity index is 1070. The molecule has 1 N–H and O–H groups in total. The van der Waals surface area contributed by atoms with Crippen molar-refractivity contribution in [1.82, 2.24) is 24.8 Å². The predicted molar refractivity (Wildman–Crippen MR) is 113 cm³/mol. The number of rotatable bonds is 3. The minimum Gasteiger partial charge on any atom is -0.332 e. The molecular weight excluding hydrogens is 394 g/mol. The lowest BCUT2D eigenvalue weighted by molar-refractivity contribution is -0.137. The number of hydrogen-bond donors (Lipinski definition) is 1. The number of carbonyl (C=O) groups excluding carboxylic acids is 2. The summed E-state index contributed by atoms with van der Waals surface area (Å²) < 4.78 is 0. The third-order valence-electron chi connectivity index (χ3n) is 6.83. The smallest absolute Gasteiger partial charge is 0.254 e. The van der Waals surface area contributed by atoms with Gasteiger partial charge in [-0.05, 0) is 50.2 Å². The lowest BCUT2D eigenvalue weighted by Gasteiger charge is -2.36. The second kappa shape index (κ2) is 7.90. The standard InChI is InChI=1S/C23H27N5O3/c1-14-12-17(14)23(31)28-10-3-2-4-19(28)20-25-18-13-27(11-7-16(18)21(29)26-20)22(30)15-5-8-24-9-6-15/h5-6,8-9,14,17,19H,2-4,7,10-13H2,1H3,(H,25,26,29). The van der Waals surface area contributed by atoms with E-state index in [0.717, 1.165) is 25.7 Å². The van der Waals surface area contributed by atoms with E-state index >= 15 is 0 Å². The van der Waals surface area contributed by atoms with Gasteiger partial charge in [0, 0.05) is 42.5 Å². The Morgan fingerprint density at radius 3 is 2.68 bits per heavy atom. The minimum atomic E-state index is -0.196. The van der Waals surface area contributed by atoms with Crippen LogP contribution in [0.4, 0.5) is 0 Å². The van der Waals surface area contributed by atoms with E-state index in [1.54, 1.807) is 29.4 Å². The van der Waals surface area contributed by atoms with Crippen LogP contribution in [0.5, 0.6) is 0 Å². The van der Waals surface area contributed by atoms with Crippen molar-refractivity contribution in [3.8, 4) is 0 Å². The molecule has 1 aliphatic carbocycles. The molecule has 162 valence electrons. The number of aromatic amines is 1. The molecule has 3 atom stereocenters. The Morgan fingerprint density at radius 2 is 1.94 bits per heavy atom. The van der Waals surface area contributed by atoms with Gasteiger partial charge in [0.05, 0.1) is 18.3 Å². The summed E-state index contributed by atoms with van der Waals surface area (Å²) in [6.45, 7) is 3.59. The maximum atomic E-state index is 13.0. The van der Waals surface area contributed by atoms with Crippen molar-refractivity contribution in [2.24, 2.45) is 11.8 Å². The molecule has 0 aromatic carbocycles. The fraction of sp³-hybridized carbons (Fsp3) is 0.522. The number of nitrogens with zero attached hydrogens (tertiary/aromatic N) is 4. The Kier molecular flexibility index (Phi) is 5.08. The van der Waals surface area contributed by atoms with Crippen LogP contribution in [0.3, 0.4) is 0 Å². The summed E-state index contributed by atoms with van der Waals surface area (Å²) >= 11 is 0. The van der Waals surface area contributed by atoms with E-state index in [1.807, 2.05) is 4.90 Å². The molecule has 8 heteroatoms. The molecule has 2 fully saturated rings. The second-order valence-corrected chi connectivity index (χ2v) is 8.95. The van der Waals surface area contributed by atoms with E-state index in [0.29, 0.717) is 54.6 Å². The van der Waals surface area contributed by atoms with Crippen LogP contribution in [-0.4, -0.2) is 49.7 Å². The number of nitrogens with one attached hydrogen (secondary N) is 1. The summed E-state index contributed by atoms with van der Waals surface area (Å²) in [4.78, 5) is 54.1. The minimum absolute atomic E-state index is 0.0890. The maximum Gasteiger partial charge on any atom is 0.254 e. The third kappa shape index (κ3) is 3.75. The lowest BCUT2D eigenvalue weighted by atomic mass is 9.99. The molecule has 4 heterocycles. The first-order chi connectivity index (χ1) is 15.0. The molecular formula is C23H27N5O3. The predicted octanol–water partition coefficient (Wildman–Crippen LogP) is 2.07. The van der Waals surface area contributed by atoms with Crippen LogP contribution in [0.1, 0.15) is 66.1 Å². The summed E-state index contributed by atoms with van der Waals surface area (Å²) in [6, 6.07) is 3.19. The maximum absolute atomic E-state index is 13.0. The number of likely N-dealkylation sites (tertiary alicyclic amines) is 1. The molecule has 2 aliphatic heterocycles. The zero-order valence-corrected chi connectivity index (χ0v) is 17.7. The first kappa shape index (κ1) is 19.9. The molecule has 2 amide bonds. The van der Waals surface area contributed by atoms with Crippen LogP contribution >= 0.6 is 0 Å². The van der Waals surface area contributed by atoms with Gasteiger partial charge in [-0.15, -0.1) is 0 Å². The van der Waals surface area contributed by atoms with E-state index < -0.39 is 0 Å². The summed E-state index contributed by atoms with van der Waals surface area (Å²) in [6.07, 6.45) is 7.40. The third-order valence-corrected chi connectivity index (χ3v) is 6.83. The number of hydrogen-bond acceptors (Lipinski definition) is 5. The van der Waals surface area contributed by atoms with E-state index in [-0.39, 0.29) is 29.3 Å². The number of piperidine rings is 1. The van der Waals surface area contributed by atoms with E-state index in [1.165, 1.54) is 0 Å². The Labute approximate surface area is 180 Å². The second-order valence-electron chi connectivity index (χ2n) is 8.95.